The first-order valence-corrected chi connectivity index (χ1v) is 6.73. The van der Waals surface area contributed by atoms with Crippen LogP contribution in [0.4, 0.5) is 0 Å². The summed E-state index contributed by atoms with van der Waals surface area (Å²) in [6.45, 7) is 10.7. The highest BCUT2D eigenvalue weighted by molar-refractivity contribution is 5.07. The van der Waals surface area contributed by atoms with Gasteiger partial charge in [0.1, 0.15) is 0 Å². The van der Waals surface area contributed by atoms with Gasteiger partial charge in [0.25, 0.3) is 0 Å². The van der Waals surface area contributed by atoms with Crippen molar-refractivity contribution in [1.82, 2.24) is 0 Å². The first kappa shape index (κ1) is 12.2. The molecule has 16 heavy (non-hydrogen) atoms. The zero-order valence-corrected chi connectivity index (χ0v) is 11.1. The lowest BCUT2D eigenvalue weighted by atomic mass is 9.53. The Morgan fingerprint density at radius 2 is 1.94 bits per heavy atom. The van der Waals surface area contributed by atoms with Crippen molar-refractivity contribution in [3.8, 4) is 0 Å². The van der Waals surface area contributed by atoms with Crippen LogP contribution in [0.25, 0.3) is 0 Å². The second-order valence-electron chi connectivity index (χ2n) is 6.73. The molecule has 92 valence electrons. The molecule has 2 aliphatic carbocycles. The first-order valence-electron chi connectivity index (χ1n) is 6.73. The molecule has 1 N–H and O–H groups in total. The van der Waals surface area contributed by atoms with E-state index in [-0.39, 0.29) is 0 Å². The second kappa shape index (κ2) is 3.87. The molecule has 0 amide bonds. The molecule has 0 saturated heterocycles. The van der Waals surface area contributed by atoms with E-state index in [9.17, 15) is 5.11 Å². The van der Waals surface area contributed by atoms with Gasteiger partial charge < -0.3 is 5.11 Å². The molecule has 0 aromatic carbocycles. The van der Waals surface area contributed by atoms with E-state index in [1.54, 1.807) is 0 Å². The Balaban J connectivity index is 2.21. The Hall–Kier alpha value is -0.300. The fraction of sp³-hybridized carbons (Fsp3) is 0.867. The molecule has 2 rings (SSSR count). The van der Waals surface area contributed by atoms with Crippen LogP contribution < -0.4 is 0 Å². The Kier molecular flexibility index (Phi) is 2.94. The molecule has 0 aliphatic heterocycles. The van der Waals surface area contributed by atoms with Crippen molar-refractivity contribution in [3.05, 3.63) is 12.2 Å². The molecule has 2 saturated carbocycles. The van der Waals surface area contributed by atoms with Gasteiger partial charge in [-0.15, -0.1) is 0 Å². The highest BCUT2D eigenvalue weighted by atomic mass is 16.3. The smallest absolute Gasteiger partial charge is 0.0653 e. The van der Waals surface area contributed by atoms with Gasteiger partial charge in [-0.2, -0.15) is 0 Å². The van der Waals surface area contributed by atoms with Crippen LogP contribution in [0.2, 0.25) is 0 Å². The minimum absolute atomic E-state index is 0.383. The number of hydrogen-bond donors (Lipinski definition) is 1. The van der Waals surface area contributed by atoms with E-state index < -0.39 is 5.60 Å². The fourth-order valence-electron chi connectivity index (χ4n) is 4.14. The van der Waals surface area contributed by atoms with Gasteiger partial charge in [0.2, 0.25) is 0 Å². The largest absolute Gasteiger partial charge is 0.390 e. The topological polar surface area (TPSA) is 20.2 Å². The molecule has 2 aliphatic rings. The number of allylic oxidation sites excluding steroid dienone is 1. The van der Waals surface area contributed by atoms with Crippen LogP contribution in [0.15, 0.2) is 12.2 Å². The van der Waals surface area contributed by atoms with Gasteiger partial charge in [-0.05, 0) is 63.2 Å². The lowest BCUT2D eigenvalue weighted by molar-refractivity contribution is -0.120. The minimum atomic E-state index is -0.443. The highest BCUT2D eigenvalue weighted by Crippen LogP contribution is 2.56. The van der Waals surface area contributed by atoms with Crippen LogP contribution in [-0.2, 0) is 0 Å². The van der Waals surface area contributed by atoms with E-state index in [0.29, 0.717) is 17.3 Å². The average molecular weight is 222 g/mol. The van der Waals surface area contributed by atoms with E-state index in [0.717, 1.165) is 12.8 Å². The second-order valence-corrected chi connectivity index (χ2v) is 6.73. The monoisotopic (exact) mass is 222 g/mol. The normalized spacial score (nSPS) is 48.5. The maximum atomic E-state index is 10.6. The maximum absolute atomic E-state index is 10.6. The molecule has 2 fully saturated rings. The van der Waals surface area contributed by atoms with E-state index in [1.807, 2.05) is 0 Å². The highest BCUT2D eigenvalue weighted by Gasteiger charge is 2.50. The molecule has 1 nitrogen and oxygen atoms in total. The van der Waals surface area contributed by atoms with E-state index in [4.69, 9.17) is 0 Å². The Bertz CT molecular complexity index is 292. The maximum Gasteiger partial charge on any atom is 0.0653 e. The Labute approximate surface area is 99.9 Å². The van der Waals surface area contributed by atoms with Gasteiger partial charge in [-0.25, -0.2) is 0 Å². The molecule has 0 heterocycles. The zero-order chi connectivity index (χ0) is 12.0. The predicted molar refractivity (Wildman–Crippen MR) is 68.2 cm³/mol. The van der Waals surface area contributed by atoms with Gasteiger partial charge in [0, 0.05) is 0 Å². The summed E-state index contributed by atoms with van der Waals surface area (Å²) in [5.41, 5.74) is 1.25. The van der Waals surface area contributed by atoms with Gasteiger partial charge in [-0.3, -0.25) is 0 Å². The van der Waals surface area contributed by atoms with Crippen LogP contribution >= 0.6 is 0 Å². The summed E-state index contributed by atoms with van der Waals surface area (Å²) in [6, 6.07) is 0. The Morgan fingerprint density at radius 1 is 1.25 bits per heavy atom. The van der Waals surface area contributed by atoms with Gasteiger partial charge >= 0.3 is 0 Å². The minimum Gasteiger partial charge on any atom is -0.390 e. The summed E-state index contributed by atoms with van der Waals surface area (Å²) in [6.07, 6.45) is 7.17. The average Bonchev–Trinajstić information content (AvgIpc) is 2.15. The van der Waals surface area contributed by atoms with Crippen LogP contribution in [0.1, 0.15) is 59.3 Å². The van der Waals surface area contributed by atoms with Crippen LogP contribution in [0.3, 0.4) is 0 Å². The molecule has 0 radical (unpaired) electrons. The molecule has 0 bridgehead atoms. The summed E-state index contributed by atoms with van der Waals surface area (Å²) in [7, 11) is 0. The molecule has 0 spiro atoms. The third kappa shape index (κ3) is 1.95. The number of fused-ring (bicyclic) bond motifs is 1. The quantitative estimate of drug-likeness (QED) is 0.667. The van der Waals surface area contributed by atoms with Crippen LogP contribution in [0, 0.1) is 17.3 Å². The summed E-state index contributed by atoms with van der Waals surface area (Å²) in [5.74, 6) is 1.12. The molecule has 4 atom stereocenters. The van der Waals surface area contributed by atoms with Crippen molar-refractivity contribution < 1.29 is 5.11 Å². The number of rotatable bonds is 1. The molecule has 1 heteroatoms. The summed E-state index contributed by atoms with van der Waals surface area (Å²) >= 11 is 0. The van der Waals surface area contributed by atoms with Crippen LogP contribution in [-0.4, -0.2) is 10.7 Å². The van der Waals surface area contributed by atoms with Crippen molar-refractivity contribution in [1.29, 1.82) is 0 Å². The summed E-state index contributed by atoms with van der Waals surface area (Å²) in [4.78, 5) is 0. The third-order valence-corrected chi connectivity index (χ3v) is 5.30. The van der Waals surface area contributed by atoms with Crippen molar-refractivity contribution in [2.45, 2.75) is 64.9 Å². The zero-order valence-electron chi connectivity index (χ0n) is 11.1. The lowest BCUT2D eigenvalue weighted by Crippen LogP contribution is -2.51. The molecular weight excluding hydrogens is 196 g/mol. The number of hydrogen-bond acceptors (Lipinski definition) is 1. The summed E-state index contributed by atoms with van der Waals surface area (Å²) < 4.78 is 0. The van der Waals surface area contributed by atoms with Gasteiger partial charge in [0.15, 0.2) is 0 Å². The van der Waals surface area contributed by atoms with Crippen molar-refractivity contribution >= 4 is 0 Å². The fourth-order valence-corrected chi connectivity index (χ4v) is 4.14. The summed E-state index contributed by atoms with van der Waals surface area (Å²) in [5, 5.41) is 10.6. The van der Waals surface area contributed by atoms with E-state index in [2.05, 4.69) is 27.4 Å². The first-order chi connectivity index (χ1) is 7.35. The van der Waals surface area contributed by atoms with E-state index >= 15 is 0 Å². The SMILES string of the molecule is C=C(C)[C@H]1CC[C@@]2(C)CCC[C@@](C)(O)[C@@H]2C1. The predicted octanol–water partition coefficient (Wildman–Crippen LogP) is 3.92. The number of aliphatic hydroxyl groups is 1. The molecular formula is C15H26O. The molecule has 0 aromatic rings. The lowest BCUT2D eigenvalue weighted by Gasteiger charge is -2.54. The van der Waals surface area contributed by atoms with Gasteiger partial charge in [0.05, 0.1) is 5.60 Å². The standard InChI is InChI=1S/C15H26O/c1-11(2)12-6-9-14(3)7-5-8-15(4,16)13(14)10-12/h12-13,16H,1,5-10H2,2-4H3/t12-,13+,14+,15+/m0/s1. The molecule has 0 unspecified atom stereocenters. The van der Waals surface area contributed by atoms with Gasteiger partial charge in [-0.1, -0.05) is 25.5 Å². The van der Waals surface area contributed by atoms with Crippen LogP contribution in [0.5, 0.6) is 0 Å². The molecule has 0 aromatic heterocycles. The van der Waals surface area contributed by atoms with Crippen molar-refractivity contribution in [3.63, 3.8) is 0 Å². The third-order valence-electron chi connectivity index (χ3n) is 5.30. The van der Waals surface area contributed by atoms with Crippen molar-refractivity contribution in [2.75, 3.05) is 0 Å². The van der Waals surface area contributed by atoms with E-state index in [1.165, 1.54) is 31.3 Å². The Morgan fingerprint density at radius 3 is 2.56 bits per heavy atom. The van der Waals surface area contributed by atoms with Crippen molar-refractivity contribution in [2.24, 2.45) is 17.3 Å².